The zero-order chi connectivity index (χ0) is 15.4. The van der Waals surface area contributed by atoms with Crippen molar-refractivity contribution in [3.05, 3.63) is 63.1 Å². The maximum atomic E-state index is 5.42. The summed E-state index contributed by atoms with van der Waals surface area (Å²) in [6, 6.07) is 13.0. The van der Waals surface area contributed by atoms with E-state index in [0.29, 0.717) is 0 Å². The third-order valence-electron chi connectivity index (χ3n) is 3.71. The molecule has 0 aliphatic carbocycles. The van der Waals surface area contributed by atoms with Crippen molar-refractivity contribution in [2.75, 3.05) is 13.7 Å². The van der Waals surface area contributed by atoms with E-state index >= 15 is 0 Å². The van der Waals surface area contributed by atoms with Crippen LogP contribution in [-0.2, 0) is 0 Å². The minimum absolute atomic E-state index is 0.202. The molecule has 21 heavy (non-hydrogen) atoms. The van der Waals surface area contributed by atoms with Crippen LogP contribution in [-0.4, -0.2) is 13.7 Å². The number of methoxy groups -OCH3 is 1. The Morgan fingerprint density at radius 1 is 1.10 bits per heavy atom. The number of benzene rings is 2. The van der Waals surface area contributed by atoms with Crippen molar-refractivity contribution < 1.29 is 4.74 Å². The fourth-order valence-corrected chi connectivity index (χ4v) is 2.87. The lowest BCUT2D eigenvalue weighted by molar-refractivity contribution is 0.411. The molecular weight excluding hydrogens is 326 g/mol. The van der Waals surface area contributed by atoms with E-state index in [4.69, 9.17) is 4.74 Å². The van der Waals surface area contributed by atoms with Gasteiger partial charge in [-0.2, -0.15) is 0 Å². The van der Waals surface area contributed by atoms with E-state index in [9.17, 15) is 0 Å². The second kappa shape index (κ2) is 7.10. The van der Waals surface area contributed by atoms with E-state index in [2.05, 4.69) is 78.4 Å². The van der Waals surface area contributed by atoms with Gasteiger partial charge in [-0.1, -0.05) is 41.1 Å². The van der Waals surface area contributed by atoms with Crippen LogP contribution in [0.2, 0.25) is 0 Å². The number of rotatable bonds is 5. The third kappa shape index (κ3) is 3.66. The molecular formula is C18H22BrNO. The zero-order valence-electron chi connectivity index (χ0n) is 13.0. The van der Waals surface area contributed by atoms with Crippen molar-refractivity contribution in [2.24, 2.45) is 0 Å². The fraction of sp³-hybridized carbons (Fsp3) is 0.333. The molecule has 0 aromatic heterocycles. The Morgan fingerprint density at radius 3 is 2.33 bits per heavy atom. The molecule has 0 fully saturated rings. The minimum Gasteiger partial charge on any atom is -0.496 e. The molecule has 0 bridgehead atoms. The lowest BCUT2D eigenvalue weighted by Gasteiger charge is -2.22. The van der Waals surface area contributed by atoms with Crippen molar-refractivity contribution in [1.82, 2.24) is 5.32 Å². The highest BCUT2D eigenvalue weighted by atomic mass is 79.9. The summed E-state index contributed by atoms with van der Waals surface area (Å²) >= 11 is 3.50. The molecule has 0 spiro atoms. The predicted octanol–water partition coefficient (Wildman–Crippen LogP) is 4.77. The lowest BCUT2D eigenvalue weighted by atomic mass is 9.93. The molecule has 0 saturated heterocycles. The molecule has 0 aliphatic heterocycles. The molecule has 0 saturated carbocycles. The Balaban J connectivity index is 2.47. The first-order valence-corrected chi connectivity index (χ1v) is 8.00. The maximum Gasteiger partial charge on any atom is 0.122 e. The fourth-order valence-electron chi connectivity index (χ4n) is 2.61. The van der Waals surface area contributed by atoms with E-state index in [-0.39, 0.29) is 6.04 Å². The highest BCUT2D eigenvalue weighted by Gasteiger charge is 2.16. The number of halogens is 1. The molecule has 1 unspecified atom stereocenters. The number of aryl methyl sites for hydroxylation is 2. The van der Waals surface area contributed by atoms with Crippen LogP contribution in [0.5, 0.6) is 5.75 Å². The molecule has 2 aromatic carbocycles. The normalized spacial score (nSPS) is 12.2. The van der Waals surface area contributed by atoms with Gasteiger partial charge in [0.05, 0.1) is 13.2 Å². The largest absolute Gasteiger partial charge is 0.496 e. The zero-order valence-corrected chi connectivity index (χ0v) is 14.6. The minimum atomic E-state index is 0.202. The van der Waals surface area contributed by atoms with Crippen molar-refractivity contribution in [2.45, 2.75) is 26.8 Å². The van der Waals surface area contributed by atoms with Crippen LogP contribution < -0.4 is 10.1 Å². The molecule has 3 heteroatoms. The summed E-state index contributed by atoms with van der Waals surface area (Å²) < 4.78 is 6.52. The Morgan fingerprint density at radius 2 is 1.76 bits per heavy atom. The summed E-state index contributed by atoms with van der Waals surface area (Å²) in [5.74, 6) is 0.947. The van der Waals surface area contributed by atoms with Crippen LogP contribution in [0.15, 0.2) is 40.9 Å². The summed E-state index contributed by atoms with van der Waals surface area (Å²) in [5.41, 5.74) is 4.98. The Labute approximate surface area is 135 Å². The quantitative estimate of drug-likeness (QED) is 0.840. The van der Waals surface area contributed by atoms with Gasteiger partial charge < -0.3 is 10.1 Å². The van der Waals surface area contributed by atoms with Crippen LogP contribution >= 0.6 is 15.9 Å². The number of nitrogens with one attached hydrogen (secondary N) is 1. The first-order chi connectivity index (χ1) is 10.1. The van der Waals surface area contributed by atoms with Crippen molar-refractivity contribution >= 4 is 15.9 Å². The van der Waals surface area contributed by atoms with Gasteiger partial charge in [0.25, 0.3) is 0 Å². The number of hydrogen-bond acceptors (Lipinski definition) is 2. The first kappa shape index (κ1) is 16.1. The summed E-state index contributed by atoms with van der Waals surface area (Å²) in [6.45, 7) is 7.29. The lowest BCUT2D eigenvalue weighted by Crippen LogP contribution is -2.23. The standard InChI is InChI=1S/C18H22BrNO/c1-5-20-18(14-6-8-15(19)9-7-14)16-10-13(3)17(21-4)11-12(16)2/h6-11,18,20H,5H2,1-4H3. The van der Waals surface area contributed by atoms with Gasteiger partial charge in [-0.25, -0.2) is 0 Å². The average Bonchev–Trinajstić information content (AvgIpc) is 2.48. The van der Waals surface area contributed by atoms with Gasteiger partial charge in [-0.3, -0.25) is 0 Å². The van der Waals surface area contributed by atoms with Crippen LogP contribution in [0.4, 0.5) is 0 Å². The summed E-state index contributed by atoms with van der Waals surface area (Å²) in [7, 11) is 1.72. The van der Waals surface area contributed by atoms with Gasteiger partial charge >= 0.3 is 0 Å². The SMILES string of the molecule is CCNC(c1ccc(Br)cc1)c1cc(C)c(OC)cc1C. The van der Waals surface area contributed by atoms with Crippen molar-refractivity contribution in [3.63, 3.8) is 0 Å². The average molecular weight is 348 g/mol. The van der Waals surface area contributed by atoms with Crippen molar-refractivity contribution in [1.29, 1.82) is 0 Å². The van der Waals surface area contributed by atoms with Crippen LogP contribution in [0.1, 0.15) is 35.2 Å². The second-order valence-corrected chi connectivity index (χ2v) is 6.14. The molecule has 1 atom stereocenters. The number of hydrogen-bond donors (Lipinski definition) is 1. The first-order valence-electron chi connectivity index (χ1n) is 7.20. The molecule has 112 valence electrons. The van der Waals surface area contributed by atoms with E-state index in [1.54, 1.807) is 7.11 Å². The molecule has 0 aliphatic rings. The van der Waals surface area contributed by atoms with Gasteiger partial charge in [0, 0.05) is 4.47 Å². The summed E-state index contributed by atoms with van der Waals surface area (Å²) in [6.07, 6.45) is 0. The van der Waals surface area contributed by atoms with Gasteiger partial charge in [-0.15, -0.1) is 0 Å². The monoisotopic (exact) mass is 347 g/mol. The highest BCUT2D eigenvalue weighted by Crippen LogP contribution is 2.30. The number of ether oxygens (including phenoxy) is 1. The maximum absolute atomic E-state index is 5.42. The molecule has 2 aromatic rings. The predicted molar refractivity (Wildman–Crippen MR) is 92.1 cm³/mol. The highest BCUT2D eigenvalue weighted by molar-refractivity contribution is 9.10. The molecule has 2 rings (SSSR count). The van der Waals surface area contributed by atoms with E-state index < -0.39 is 0 Å². The molecule has 0 heterocycles. The van der Waals surface area contributed by atoms with E-state index in [1.165, 1.54) is 16.7 Å². The smallest absolute Gasteiger partial charge is 0.122 e. The van der Waals surface area contributed by atoms with Crippen LogP contribution in [0.25, 0.3) is 0 Å². The van der Waals surface area contributed by atoms with E-state index in [0.717, 1.165) is 22.3 Å². The molecule has 0 radical (unpaired) electrons. The topological polar surface area (TPSA) is 21.3 Å². The Hall–Kier alpha value is -1.32. The van der Waals surface area contributed by atoms with E-state index in [1.807, 2.05) is 0 Å². The second-order valence-electron chi connectivity index (χ2n) is 5.22. The van der Waals surface area contributed by atoms with Gasteiger partial charge in [0.2, 0.25) is 0 Å². The molecule has 2 nitrogen and oxygen atoms in total. The Kier molecular flexibility index (Phi) is 5.43. The third-order valence-corrected chi connectivity index (χ3v) is 4.23. The molecule has 1 N–H and O–H groups in total. The van der Waals surface area contributed by atoms with Crippen LogP contribution in [0.3, 0.4) is 0 Å². The van der Waals surface area contributed by atoms with Crippen molar-refractivity contribution in [3.8, 4) is 5.75 Å². The molecule has 0 amide bonds. The van der Waals surface area contributed by atoms with Gasteiger partial charge in [-0.05, 0) is 60.8 Å². The van der Waals surface area contributed by atoms with Gasteiger partial charge in [0.1, 0.15) is 5.75 Å². The summed E-state index contributed by atoms with van der Waals surface area (Å²) in [5, 5.41) is 3.58. The summed E-state index contributed by atoms with van der Waals surface area (Å²) in [4.78, 5) is 0. The van der Waals surface area contributed by atoms with Gasteiger partial charge in [0.15, 0.2) is 0 Å². The van der Waals surface area contributed by atoms with Crippen LogP contribution in [0, 0.1) is 13.8 Å². The Bertz CT molecular complexity index is 607.